The van der Waals surface area contributed by atoms with Gasteiger partial charge in [-0.2, -0.15) is 0 Å². The number of H-pyrrole nitrogens is 1. The van der Waals surface area contributed by atoms with E-state index in [2.05, 4.69) is 26.8 Å². The molecule has 2 N–H and O–H groups in total. The standard InChI is InChI=1S/C24H22F2N4O/c1-3-28-15(2)14-31-22-7-6-21(25)20(23(22)26)10-18-13-30-24-19(18)9-17(12-29-24)16-5-4-8-27-11-16/h4-9,11-13,28H,2-3,10,14H2,1H3,(H,29,30). The molecule has 5 nitrogen and oxygen atoms in total. The molecule has 3 aromatic heterocycles. The Labute approximate surface area is 178 Å². The van der Waals surface area contributed by atoms with Gasteiger partial charge in [-0.15, -0.1) is 0 Å². The Hall–Kier alpha value is -3.74. The fourth-order valence-electron chi connectivity index (χ4n) is 3.40. The number of pyridine rings is 2. The summed E-state index contributed by atoms with van der Waals surface area (Å²) in [5.41, 5.74) is 3.75. The minimum Gasteiger partial charge on any atom is -0.484 e. The van der Waals surface area contributed by atoms with Gasteiger partial charge in [-0.3, -0.25) is 4.98 Å². The van der Waals surface area contributed by atoms with Gasteiger partial charge >= 0.3 is 0 Å². The summed E-state index contributed by atoms with van der Waals surface area (Å²) in [6.45, 7) is 6.53. The van der Waals surface area contributed by atoms with Crippen LogP contribution in [-0.2, 0) is 6.42 Å². The third kappa shape index (κ3) is 4.40. The fraction of sp³-hybridized carbons (Fsp3) is 0.167. The molecule has 0 atom stereocenters. The molecular formula is C24H22F2N4O. The van der Waals surface area contributed by atoms with E-state index in [0.717, 1.165) is 22.1 Å². The van der Waals surface area contributed by atoms with Crippen molar-refractivity contribution in [1.82, 2.24) is 20.3 Å². The summed E-state index contributed by atoms with van der Waals surface area (Å²) in [6, 6.07) is 8.24. The molecule has 0 spiro atoms. The topological polar surface area (TPSA) is 62.8 Å². The maximum Gasteiger partial charge on any atom is 0.171 e. The molecule has 0 aliphatic heterocycles. The monoisotopic (exact) mass is 420 g/mol. The zero-order valence-electron chi connectivity index (χ0n) is 17.1. The molecule has 0 aliphatic rings. The van der Waals surface area contributed by atoms with Crippen LogP contribution in [0.5, 0.6) is 5.75 Å². The van der Waals surface area contributed by atoms with Crippen molar-refractivity contribution in [3.05, 3.63) is 90.2 Å². The van der Waals surface area contributed by atoms with Gasteiger partial charge in [-0.25, -0.2) is 13.8 Å². The van der Waals surface area contributed by atoms with Gasteiger partial charge in [0.25, 0.3) is 0 Å². The van der Waals surface area contributed by atoms with Crippen LogP contribution in [0.25, 0.3) is 22.2 Å². The third-order valence-corrected chi connectivity index (χ3v) is 4.96. The average Bonchev–Trinajstić information content (AvgIpc) is 3.19. The number of aromatic nitrogens is 3. The van der Waals surface area contributed by atoms with Crippen LogP contribution >= 0.6 is 0 Å². The highest BCUT2D eigenvalue weighted by Crippen LogP contribution is 2.29. The van der Waals surface area contributed by atoms with Crippen molar-refractivity contribution in [2.24, 2.45) is 0 Å². The molecule has 0 aliphatic carbocycles. The third-order valence-electron chi connectivity index (χ3n) is 4.96. The van der Waals surface area contributed by atoms with E-state index in [-0.39, 0.29) is 24.3 Å². The number of aromatic amines is 1. The number of benzene rings is 1. The Morgan fingerprint density at radius 3 is 2.84 bits per heavy atom. The number of likely N-dealkylation sites (N-methyl/N-ethyl adjacent to an activating group) is 1. The van der Waals surface area contributed by atoms with Gasteiger partial charge in [0.15, 0.2) is 11.6 Å². The van der Waals surface area contributed by atoms with Gasteiger partial charge in [0.1, 0.15) is 18.1 Å². The number of nitrogens with zero attached hydrogens (tertiary/aromatic N) is 2. The first-order valence-corrected chi connectivity index (χ1v) is 9.94. The Bertz CT molecular complexity index is 1220. The van der Waals surface area contributed by atoms with E-state index in [4.69, 9.17) is 4.74 Å². The summed E-state index contributed by atoms with van der Waals surface area (Å²) in [5, 5.41) is 3.80. The fourth-order valence-corrected chi connectivity index (χ4v) is 3.40. The van der Waals surface area contributed by atoms with Crippen LogP contribution < -0.4 is 10.1 Å². The molecule has 4 rings (SSSR count). The lowest BCUT2D eigenvalue weighted by Crippen LogP contribution is -2.17. The van der Waals surface area contributed by atoms with E-state index in [1.807, 2.05) is 25.1 Å². The van der Waals surface area contributed by atoms with Crippen LogP contribution in [0.2, 0.25) is 0 Å². The number of hydrogen-bond acceptors (Lipinski definition) is 4. The lowest BCUT2D eigenvalue weighted by Gasteiger charge is -2.13. The first-order valence-electron chi connectivity index (χ1n) is 9.94. The normalized spacial score (nSPS) is 10.9. The Morgan fingerprint density at radius 1 is 1.19 bits per heavy atom. The van der Waals surface area contributed by atoms with E-state index in [1.54, 1.807) is 24.8 Å². The van der Waals surface area contributed by atoms with Crippen molar-refractivity contribution < 1.29 is 13.5 Å². The summed E-state index contributed by atoms with van der Waals surface area (Å²) < 4.78 is 35.1. The lowest BCUT2D eigenvalue weighted by atomic mass is 10.0. The zero-order valence-corrected chi connectivity index (χ0v) is 17.1. The van der Waals surface area contributed by atoms with Gasteiger partial charge in [0.2, 0.25) is 0 Å². The first kappa shape index (κ1) is 20.5. The summed E-state index contributed by atoms with van der Waals surface area (Å²) in [6.07, 6.45) is 6.97. The van der Waals surface area contributed by atoms with Crippen LogP contribution in [0.15, 0.2) is 67.4 Å². The summed E-state index contributed by atoms with van der Waals surface area (Å²) in [4.78, 5) is 11.6. The Balaban J connectivity index is 1.64. The average molecular weight is 420 g/mol. The van der Waals surface area contributed by atoms with Crippen molar-refractivity contribution in [2.45, 2.75) is 13.3 Å². The van der Waals surface area contributed by atoms with Crippen molar-refractivity contribution in [3.63, 3.8) is 0 Å². The van der Waals surface area contributed by atoms with Gasteiger partial charge in [0.05, 0.1) is 0 Å². The number of fused-ring (bicyclic) bond motifs is 1. The molecule has 31 heavy (non-hydrogen) atoms. The summed E-state index contributed by atoms with van der Waals surface area (Å²) in [5.74, 6) is -1.35. The van der Waals surface area contributed by atoms with Gasteiger partial charge in [0, 0.05) is 65.5 Å². The Morgan fingerprint density at radius 2 is 2.06 bits per heavy atom. The molecule has 0 radical (unpaired) electrons. The maximum atomic E-state index is 15.1. The largest absolute Gasteiger partial charge is 0.484 e. The molecule has 4 aromatic rings. The number of ether oxygens (including phenoxy) is 1. The number of nitrogens with one attached hydrogen (secondary N) is 2. The molecular weight excluding hydrogens is 398 g/mol. The molecule has 1 aromatic carbocycles. The van der Waals surface area contributed by atoms with E-state index in [1.165, 1.54) is 12.1 Å². The highest BCUT2D eigenvalue weighted by atomic mass is 19.1. The molecule has 7 heteroatoms. The quantitative estimate of drug-likeness (QED) is 0.421. The van der Waals surface area contributed by atoms with E-state index in [0.29, 0.717) is 17.9 Å². The van der Waals surface area contributed by atoms with Crippen LogP contribution in [-0.4, -0.2) is 28.1 Å². The van der Waals surface area contributed by atoms with Crippen molar-refractivity contribution in [1.29, 1.82) is 0 Å². The van der Waals surface area contributed by atoms with Crippen LogP contribution in [0.4, 0.5) is 8.78 Å². The number of rotatable bonds is 8. The minimum atomic E-state index is -0.713. The van der Waals surface area contributed by atoms with Gasteiger partial charge < -0.3 is 15.0 Å². The summed E-state index contributed by atoms with van der Waals surface area (Å²) >= 11 is 0. The van der Waals surface area contributed by atoms with Gasteiger partial charge in [-0.1, -0.05) is 12.6 Å². The number of halogens is 2. The molecule has 0 fully saturated rings. The van der Waals surface area contributed by atoms with Crippen molar-refractivity contribution in [3.8, 4) is 16.9 Å². The number of hydrogen-bond donors (Lipinski definition) is 2. The second-order valence-electron chi connectivity index (χ2n) is 7.11. The van der Waals surface area contributed by atoms with Crippen molar-refractivity contribution >= 4 is 11.0 Å². The molecule has 0 amide bonds. The first-order chi connectivity index (χ1) is 15.1. The predicted octanol–water partition coefficient (Wildman–Crippen LogP) is 5.00. The maximum absolute atomic E-state index is 15.1. The second-order valence-corrected chi connectivity index (χ2v) is 7.11. The minimum absolute atomic E-state index is 0.00975. The molecule has 0 saturated carbocycles. The highest BCUT2D eigenvalue weighted by Gasteiger charge is 2.18. The highest BCUT2D eigenvalue weighted by molar-refractivity contribution is 5.84. The smallest absolute Gasteiger partial charge is 0.171 e. The molecule has 3 heterocycles. The van der Waals surface area contributed by atoms with Crippen LogP contribution in [0.3, 0.4) is 0 Å². The van der Waals surface area contributed by atoms with E-state index >= 15 is 4.39 Å². The van der Waals surface area contributed by atoms with Crippen molar-refractivity contribution in [2.75, 3.05) is 13.2 Å². The predicted molar refractivity (Wildman–Crippen MR) is 117 cm³/mol. The SMILES string of the molecule is C=C(COc1ccc(F)c(Cc2c[nH]c3ncc(-c4cccnc4)cc23)c1F)NCC. The summed E-state index contributed by atoms with van der Waals surface area (Å²) in [7, 11) is 0. The zero-order chi connectivity index (χ0) is 21.8. The molecule has 0 saturated heterocycles. The lowest BCUT2D eigenvalue weighted by molar-refractivity contribution is 0.322. The second kappa shape index (κ2) is 8.95. The Kier molecular flexibility index (Phi) is 5.93. The van der Waals surface area contributed by atoms with Gasteiger partial charge in [-0.05, 0) is 36.8 Å². The molecule has 0 unspecified atom stereocenters. The van der Waals surface area contributed by atoms with Crippen LogP contribution in [0.1, 0.15) is 18.1 Å². The van der Waals surface area contributed by atoms with E-state index in [9.17, 15) is 4.39 Å². The molecule has 0 bridgehead atoms. The van der Waals surface area contributed by atoms with Crippen LogP contribution in [0, 0.1) is 11.6 Å². The molecule has 158 valence electrons. The van der Waals surface area contributed by atoms with E-state index < -0.39 is 11.6 Å².